The highest BCUT2D eigenvalue weighted by atomic mass is 19.4. The fourth-order valence-electron chi connectivity index (χ4n) is 1.23. The van der Waals surface area contributed by atoms with Crippen molar-refractivity contribution in [2.24, 2.45) is 5.41 Å². The highest BCUT2D eigenvalue weighted by Gasteiger charge is 2.32. The molecule has 2 N–H and O–H groups in total. The molecule has 0 heterocycles. The van der Waals surface area contributed by atoms with Gasteiger partial charge >= 0.3 is 12.1 Å². The van der Waals surface area contributed by atoms with Crippen molar-refractivity contribution in [2.45, 2.75) is 20.0 Å². The molecule has 1 aromatic rings. The van der Waals surface area contributed by atoms with Crippen LogP contribution in [0.3, 0.4) is 0 Å². The van der Waals surface area contributed by atoms with Crippen LogP contribution in [0.2, 0.25) is 0 Å². The lowest BCUT2D eigenvalue weighted by atomic mass is 9.94. The van der Waals surface area contributed by atoms with Crippen molar-refractivity contribution < 1.29 is 27.5 Å². The fourth-order valence-corrected chi connectivity index (χ4v) is 1.23. The van der Waals surface area contributed by atoms with Crippen LogP contribution in [0.1, 0.15) is 19.4 Å². The summed E-state index contributed by atoms with van der Waals surface area (Å²) in [4.78, 5) is 10.8. The topological polar surface area (TPSA) is 49.3 Å². The van der Waals surface area contributed by atoms with E-state index in [2.05, 4.69) is 5.32 Å². The Morgan fingerprint density at radius 3 is 2.37 bits per heavy atom. The van der Waals surface area contributed by atoms with E-state index in [1.807, 2.05) is 0 Å². The number of aliphatic carboxylic acids is 1. The third-order valence-corrected chi connectivity index (χ3v) is 2.59. The number of benzene rings is 1. The monoisotopic (exact) mass is 279 g/mol. The van der Waals surface area contributed by atoms with E-state index in [0.29, 0.717) is 18.2 Å². The van der Waals surface area contributed by atoms with E-state index >= 15 is 0 Å². The van der Waals surface area contributed by atoms with E-state index in [1.165, 1.54) is 13.8 Å². The van der Waals surface area contributed by atoms with E-state index in [-0.39, 0.29) is 12.2 Å². The molecular weight excluding hydrogens is 266 g/mol. The van der Waals surface area contributed by atoms with E-state index in [9.17, 15) is 22.4 Å². The molecule has 1 rings (SSSR count). The Balaban J connectivity index is 2.93. The van der Waals surface area contributed by atoms with Crippen molar-refractivity contribution in [3.63, 3.8) is 0 Å². The number of carbonyl (C=O) groups is 1. The Morgan fingerprint density at radius 1 is 1.32 bits per heavy atom. The van der Waals surface area contributed by atoms with E-state index in [0.717, 1.165) is 0 Å². The molecule has 106 valence electrons. The predicted molar refractivity (Wildman–Crippen MR) is 61.3 cm³/mol. The minimum atomic E-state index is -4.58. The largest absolute Gasteiger partial charge is 0.481 e. The molecule has 19 heavy (non-hydrogen) atoms. The Kier molecular flexibility index (Phi) is 4.07. The molecule has 3 nitrogen and oxygen atoms in total. The lowest BCUT2D eigenvalue weighted by Gasteiger charge is -2.21. The Bertz CT molecular complexity index is 483. The molecule has 0 aromatic heterocycles. The number of rotatable bonds is 4. The number of halogens is 4. The molecule has 0 amide bonds. The summed E-state index contributed by atoms with van der Waals surface area (Å²) in [5, 5.41) is 11.2. The third kappa shape index (κ3) is 3.84. The maximum Gasteiger partial charge on any atom is 0.416 e. The van der Waals surface area contributed by atoms with Gasteiger partial charge in [-0.1, -0.05) is 0 Å². The van der Waals surface area contributed by atoms with Crippen LogP contribution in [0.5, 0.6) is 0 Å². The van der Waals surface area contributed by atoms with Crippen LogP contribution in [-0.4, -0.2) is 17.6 Å². The van der Waals surface area contributed by atoms with E-state index in [4.69, 9.17) is 5.11 Å². The zero-order chi connectivity index (χ0) is 14.8. The maximum absolute atomic E-state index is 13.4. The van der Waals surface area contributed by atoms with Gasteiger partial charge in [0.05, 0.1) is 16.7 Å². The first-order chi connectivity index (χ1) is 8.54. The molecule has 0 fully saturated rings. The van der Waals surface area contributed by atoms with Crippen LogP contribution in [0.4, 0.5) is 23.2 Å². The number of hydrogen-bond donors (Lipinski definition) is 2. The molecule has 0 spiro atoms. The van der Waals surface area contributed by atoms with Gasteiger partial charge in [0.1, 0.15) is 5.82 Å². The van der Waals surface area contributed by atoms with Crippen molar-refractivity contribution in [3.05, 3.63) is 29.6 Å². The van der Waals surface area contributed by atoms with Crippen molar-refractivity contribution >= 4 is 11.7 Å². The third-order valence-electron chi connectivity index (χ3n) is 2.59. The molecule has 0 aliphatic heterocycles. The molecule has 1 aromatic carbocycles. The fraction of sp³-hybridized carbons (Fsp3) is 0.417. The molecule has 0 saturated carbocycles. The summed E-state index contributed by atoms with van der Waals surface area (Å²) in [6.45, 7) is 2.57. The average Bonchev–Trinajstić information content (AvgIpc) is 2.26. The minimum absolute atomic E-state index is 0.194. The molecule has 0 bridgehead atoms. The zero-order valence-corrected chi connectivity index (χ0v) is 10.3. The average molecular weight is 279 g/mol. The second-order valence-electron chi connectivity index (χ2n) is 4.73. The Labute approximate surface area is 107 Å². The summed E-state index contributed by atoms with van der Waals surface area (Å²) >= 11 is 0. The van der Waals surface area contributed by atoms with Crippen molar-refractivity contribution in [3.8, 4) is 0 Å². The first-order valence-electron chi connectivity index (χ1n) is 5.38. The van der Waals surface area contributed by atoms with Gasteiger partial charge in [-0.15, -0.1) is 0 Å². The Hall–Kier alpha value is -1.79. The zero-order valence-electron chi connectivity index (χ0n) is 10.3. The number of carboxylic acids is 1. The standard InChI is InChI=1S/C12H13F4NO2/c1-11(2,10(18)19)6-17-9-5-7(12(14,15)16)3-4-8(9)13/h3-5,17H,6H2,1-2H3,(H,18,19). The quantitative estimate of drug-likeness (QED) is 0.831. The summed E-state index contributed by atoms with van der Waals surface area (Å²) in [5.41, 5.74) is -2.59. The van der Waals surface area contributed by atoms with Crippen molar-refractivity contribution in [1.82, 2.24) is 0 Å². The molecule has 0 radical (unpaired) electrons. The van der Waals surface area contributed by atoms with Crippen LogP contribution in [-0.2, 0) is 11.0 Å². The van der Waals surface area contributed by atoms with Gasteiger partial charge in [-0.05, 0) is 32.0 Å². The van der Waals surface area contributed by atoms with Crippen LogP contribution >= 0.6 is 0 Å². The van der Waals surface area contributed by atoms with Crippen molar-refractivity contribution in [1.29, 1.82) is 0 Å². The van der Waals surface area contributed by atoms with Gasteiger partial charge in [0.15, 0.2) is 0 Å². The lowest BCUT2D eigenvalue weighted by Crippen LogP contribution is -2.32. The number of anilines is 1. The molecule has 0 aliphatic rings. The summed E-state index contributed by atoms with van der Waals surface area (Å²) in [6.07, 6.45) is -4.58. The predicted octanol–water partition coefficient (Wildman–Crippen LogP) is 3.37. The number of nitrogens with one attached hydrogen (secondary N) is 1. The van der Waals surface area contributed by atoms with Crippen LogP contribution < -0.4 is 5.32 Å². The normalized spacial score (nSPS) is 12.3. The van der Waals surface area contributed by atoms with Crippen LogP contribution in [0, 0.1) is 11.2 Å². The first kappa shape index (κ1) is 15.3. The van der Waals surface area contributed by atoms with E-state index in [1.54, 1.807) is 0 Å². The number of hydrogen-bond acceptors (Lipinski definition) is 2. The molecule has 0 unspecified atom stereocenters. The van der Waals surface area contributed by atoms with Gasteiger partial charge in [-0.2, -0.15) is 13.2 Å². The van der Waals surface area contributed by atoms with E-state index < -0.39 is 28.9 Å². The molecule has 7 heteroatoms. The van der Waals surface area contributed by atoms with Gasteiger partial charge in [0, 0.05) is 6.54 Å². The molecular formula is C12H13F4NO2. The van der Waals surface area contributed by atoms with Gasteiger partial charge < -0.3 is 10.4 Å². The summed E-state index contributed by atoms with van der Waals surface area (Å²) in [6, 6.07) is 1.94. The second kappa shape index (κ2) is 5.07. The van der Waals surface area contributed by atoms with Gasteiger partial charge in [-0.3, -0.25) is 4.79 Å². The molecule has 0 aliphatic carbocycles. The minimum Gasteiger partial charge on any atom is -0.481 e. The number of alkyl halides is 3. The Morgan fingerprint density at radius 2 is 1.89 bits per heavy atom. The smallest absolute Gasteiger partial charge is 0.416 e. The maximum atomic E-state index is 13.4. The highest BCUT2D eigenvalue weighted by Crippen LogP contribution is 2.32. The first-order valence-corrected chi connectivity index (χ1v) is 5.38. The van der Waals surface area contributed by atoms with Crippen LogP contribution in [0.15, 0.2) is 18.2 Å². The van der Waals surface area contributed by atoms with Gasteiger partial charge in [-0.25, -0.2) is 4.39 Å². The SMILES string of the molecule is CC(C)(CNc1cc(C(F)(F)F)ccc1F)C(=O)O. The van der Waals surface area contributed by atoms with Crippen LogP contribution in [0.25, 0.3) is 0 Å². The number of carboxylic acid groups (broad SMARTS) is 1. The van der Waals surface area contributed by atoms with Gasteiger partial charge in [0.25, 0.3) is 0 Å². The van der Waals surface area contributed by atoms with Crippen molar-refractivity contribution in [2.75, 3.05) is 11.9 Å². The summed E-state index contributed by atoms with van der Waals surface area (Å²) in [5.74, 6) is -2.00. The summed E-state index contributed by atoms with van der Waals surface area (Å²) in [7, 11) is 0. The second-order valence-corrected chi connectivity index (χ2v) is 4.73. The summed E-state index contributed by atoms with van der Waals surface area (Å²) < 4.78 is 50.7. The highest BCUT2D eigenvalue weighted by molar-refractivity contribution is 5.74. The molecule has 0 atom stereocenters. The molecule has 0 saturated heterocycles. The van der Waals surface area contributed by atoms with Gasteiger partial charge in [0.2, 0.25) is 0 Å². The lowest BCUT2D eigenvalue weighted by molar-refractivity contribution is -0.146.